The molecule has 2 saturated carbocycles. The maximum atomic E-state index is 3.66. The van der Waals surface area contributed by atoms with Crippen LogP contribution in [0.25, 0.3) is 10.9 Å². The van der Waals surface area contributed by atoms with Gasteiger partial charge in [0.2, 0.25) is 0 Å². The monoisotopic (exact) mass is 296 g/mol. The SMILES string of the molecule is Cc1cccc2[nH]c(CN(C3CCC(C)CC3)C3CC3)cc12. The fourth-order valence-corrected chi connectivity index (χ4v) is 4.18. The number of aryl methyl sites for hydroxylation is 1. The number of rotatable bonds is 4. The summed E-state index contributed by atoms with van der Waals surface area (Å²) in [5, 5.41) is 1.39. The first-order chi connectivity index (χ1) is 10.7. The number of benzene rings is 1. The molecule has 0 saturated heterocycles. The standard InChI is InChI=1S/C20H28N2/c1-14-6-8-17(9-7-14)22(18-10-11-18)13-16-12-19-15(2)4-3-5-20(19)21-16/h3-5,12,14,17-18,21H,6-11,13H2,1-2H3. The van der Waals surface area contributed by atoms with Gasteiger partial charge in [-0.1, -0.05) is 19.1 Å². The highest BCUT2D eigenvalue weighted by atomic mass is 15.2. The normalized spacial score (nSPS) is 26.0. The van der Waals surface area contributed by atoms with Crippen molar-refractivity contribution < 1.29 is 0 Å². The molecule has 2 aromatic rings. The lowest BCUT2D eigenvalue weighted by molar-refractivity contribution is 0.123. The van der Waals surface area contributed by atoms with Gasteiger partial charge >= 0.3 is 0 Å². The van der Waals surface area contributed by atoms with E-state index in [9.17, 15) is 0 Å². The van der Waals surface area contributed by atoms with Crippen LogP contribution in [-0.2, 0) is 6.54 Å². The van der Waals surface area contributed by atoms with Crippen LogP contribution in [0, 0.1) is 12.8 Å². The van der Waals surface area contributed by atoms with Crippen molar-refractivity contribution in [2.45, 2.75) is 71.0 Å². The number of fused-ring (bicyclic) bond motifs is 1. The summed E-state index contributed by atoms with van der Waals surface area (Å²) >= 11 is 0. The summed E-state index contributed by atoms with van der Waals surface area (Å²) in [4.78, 5) is 6.47. The molecule has 118 valence electrons. The first kappa shape index (κ1) is 14.3. The summed E-state index contributed by atoms with van der Waals surface area (Å²) < 4.78 is 0. The van der Waals surface area contributed by atoms with Gasteiger partial charge in [-0.25, -0.2) is 0 Å². The van der Waals surface area contributed by atoms with Gasteiger partial charge < -0.3 is 4.98 Å². The van der Waals surface area contributed by atoms with Crippen molar-refractivity contribution in [2.24, 2.45) is 5.92 Å². The predicted molar refractivity (Wildman–Crippen MR) is 93.0 cm³/mol. The molecule has 0 radical (unpaired) electrons. The van der Waals surface area contributed by atoms with Crippen molar-refractivity contribution >= 4 is 10.9 Å². The molecule has 0 spiro atoms. The van der Waals surface area contributed by atoms with E-state index in [0.29, 0.717) is 0 Å². The molecule has 1 aromatic heterocycles. The predicted octanol–water partition coefficient (Wildman–Crippen LogP) is 5.02. The molecule has 2 fully saturated rings. The van der Waals surface area contributed by atoms with Crippen LogP contribution >= 0.6 is 0 Å². The maximum absolute atomic E-state index is 3.66. The van der Waals surface area contributed by atoms with Crippen LogP contribution in [0.2, 0.25) is 0 Å². The Balaban J connectivity index is 1.54. The average Bonchev–Trinajstić information content (AvgIpc) is 3.26. The molecule has 2 aliphatic rings. The Morgan fingerprint density at radius 2 is 1.73 bits per heavy atom. The third kappa shape index (κ3) is 2.81. The van der Waals surface area contributed by atoms with E-state index in [-0.39, 0.29) is 0 Å². The van der Waals surface area contributed by atoms with E-state index in [1.54, 1.807) is 0 Å². The number of H-pyrrole nitrogens is 1. The quantitative estimate of drug-likeness (QED) is 0.839. The first-order valence-electron chi connectivity index (χ1n) is 9.03. The van der Waals surface area contributed by atoms with Gasteiger partial charge in [-0.05, 0) is 69.1 Å². The minimum absolute atomic E-state index is 0.816. The van der Waals surface area contributed by atoms with E-state index in [1.807, 2.05) is 0 Å². The van der Waals surface area contributed by atoms with Gasteiger partial charge in [-0.3, -0.25) is 4.90 Å². The van der Waals surface area contributed by atoms with E-state index < -0.39 is 0 Å². The Morgan fingerprint density at radius 1 is 1.05 bits per heavy atom. The maximum Gasteiger partial charge on any atom is 0.0459 e. The van der Waals surface area contributed by atoms with Crippen LogP contribution in [0.4, 0.5) is 0 Å². The van der Waals surface area contributed by atoms with E-state index in [4.69, 9.17) is 0 Å². The van der Waals surface area contributed by atoms with Gasteiger partial charge in [0.05, 0.1) is 0 Å². The molecular formula is C20H28N2. The molecule has 0 unspecified atom stereocenters. The lowest BCUT2D eigenvalue weighted by Gasteiger charge is -2.36. The van der Waals surface area contributed by atoms with Gasteiger partial charge in [0.1, 0.15) is 0 Å². The number of aromatic amines is 1. The lowest BCUT2D eigenvalue weighted by atomic mass is 9.86. The zero-order valence-electron chi connectivity index (χ0n) is 13.9. The molecule has 0 bridgehead atoms. The van der Waals surface area contributed by atoms with Crippen molar-refractivity contribution in [3.05, 3.63) is 35.5 Å². The molecule has 1 heterocycles. The second kappa shape index (κ2) is 5.73. The van der Waals surface area contributed by atoms with Gasteiger partial charge in [0, 0.05) is 35.2 Å². The molecule has 2 aliphatic carbocycles. The summed E-state index contributed by atoms with van der Waals surface area (Å²) in [6, 6.07) is 10.6. The van der Waals surface area contributed by atoms with Crippen molar-refractivity contribution in [3.8, 4) is 0 Å². The number of hydrogen-bond acceptors (Lipinski definition) is 1. The number of hydrogen-bond donors (Lipinski definition) is 1. The molecule has 0 atom stereocenters. The summed E-state index contributed by atoms with van der Waals surface area (Å²) in [6.07, 6.45) is 8.45. The third-order valence-corrected chi connectivity index (χ3v) is 5.76. The van der Waals surface area contributed by atoms with Gasteiger partial charge in [0.15, 0.2) is 0 Å². The van der Waals surface area contributed by atoms with Crippen LogP contribution < -0.4 is 0 Å². The minimum Gasteiger partial charge on any atom is -0.357 e. The van der Waals surface area contributed by atoms with Crippen LogP contribution in [0.3, 0.4) is 0 Å². The molecule has 2 heteroatoms. The highest BCUT2D eigenvalue weighted by Crippen LogP contribution is 2.36. The lowest BCUT2D eigenvalue weighted by Crippen LogP contribution is -2.39. The second-order valence-electron chi connectivity index (χ2n) is 7.65. The summed E-state index contributed by atoms with van der Waals surface area (Å²) in [5.41, 5.74) is 4.07. The number of nitrogens with zero attached hydrogens (tertiary/aromatic N) is 1. The van der Waals surface area contributed by atoms with Crippen LogP contribution in [0.15, 0.2) is 24.3 Å². The third-order valence-electron chi connectivity index (χ3n) is 5.76. The Hall–Kier alpha value is -1.28. The van der Waals surface area contributed by atoms with E-state index in [2.05, 4.69) is 48.0 Å². The Morgan fingerprint density at radius 3 is 2.36 bits per heavy atom. The molecule has 22 heavy (non-hydrogen) atoms. The zero-order chi connectivity index (χ0) is 15.1. The average molecular weight is 296 g/mol. The molecule has 2 nitrogen and oxygen atoms in total. The Labute approximate surface area is 133 Å². The van der Waals surface area contributed by atoms with Crippen LogP contribution in [0.5, 0.6) is 0 Å². The molecule has 0 aliphatic heterocycles. The summed E-state index contributed by atoms with van der Waals surface area (Å²) in [5.74, 6) is 0.938. The minimum atomic E-state index is 0.816. The zero-order valence-corrected chi connectivity index (χ0v) is 13.9. The van der Waals surface area contributed by atoms with Crippen molar-refractivity contribution in [1.82, 2.24) is 9.88 Å². The highest BCUT2D eigenvalue weighted by molar-refractivity contribution is 5.83. The smallest absolute Gasteiger partial charge is 0.0459 e. The molecule has 1 N–H and O–H groups in total. The van der Waals surface area contributed by atoms with E-state index in [1.165, 1.54) is 60.7 Å². The fourth-order valence-electron chi connectivity index (χ4n) is 4.18. The molecular weight excluding hydrogens is 268 g/mol. The van der Waals surface area contributed by atoms with E-state index in [0.717, 1.165) is 24.5 Å². The van der Waals surface area contributed by atoms with Crippen LogP contribution in [0.1, 0.15) is 56.7 Å². The van der Waals surface area contributed by atoms with Gasteiger partial charge in [0.25, 0.3) is 0 Å². The summed E-state index contributed by atoms with van der Waals surface area (Å²) in [7, 11) is 0. The van der Waals surface area contributed by atoms with Crippen molar-refractivity contribution in [3.63, 3.8) is 0 Å². The molecule has 1 aromatic carbocycles. The van der Waals surface area contributed by atoms with E-state index >= 15 is 0 Å². The Bertz CT molecular complexity index is 645. The van der Waals surface area contributed by atoms with Gasteiger partial charge in [-0.2, -0.15) is 0 Å². The second-order valence-corrected chi connectivity index (χ2v) is 7.65. The highest BCUT2D eigenvalue weighted by Gasteiger charge is 2.35. The van der Waals surface area contributed by atoms with Gasteiger partial charge in [-0.15, -0.1) is 0 Å². The molecule has 0 amide bonds. The first-order valence-corrected chi connectivity index (χ1v) is 9.03. The van der Waals surface area contributed by atoms with Crippen molar-refractivity contribution in [1.29, 1.82) is 0 Å². The number of aromatic nitrogens is 1. The van der Waals surface area contributed by atoms with Crippen LogP contribution in [-0.4, -0.2) is 22.0 Å². The Kier molecular flexibility index (Phi) is 3.73. The molecule has 4 rings (SSSR count). The summed E-state index contributed by atoms with van der Waals surface area (Å²) in [6.45, 7) is 5.73. The number of nitrogens with one attached hydrogen (secondary N) is 1. The topological polar surface area (TPSA) is 19.0 Å². The largest absolute Gasteiger partial charge is 0.357 e. The van der Waals surface area contributed by atoms with Crippen molar-refractivity contribution in [2.75, 3.05) is 0 Å². The fraction of sp³-hybridized carbons (Fsp3) is 0.600.